The van der Waals surface area contributed by atoms with Crippen molar-refractivity contribution in [1.29, 1.82) is 0 Å². The van der Waals surface area contributed by atoms with Gasteiger partial charge in [0.05, 0.1) is 29.3 Å². The summed E-state index contributed by atoms with van der Waals surface area (Å²) in [6, 6.07) is 5.21. The van der Waals surface area contributed by atoms with Gasteiger partial charge < -0.3 is 19.3 Å². The van der Waals surface area contributed by atoms with Crippen LogP contribution in [0.1, 0.15) is 29.6 Å². The lowest BCUT2D eigenvalue weighted by Gasteiger charge is -2.46. The zero-order valence-electron chi connectivity index (χ0n) is 14.8. The number of carbonyl (C=O) groups excluding carboxylic acids is 1. The lowest BCUT2D eigenvalue weighted by atomic mass is 9.84. The highest BCUT2D eigenvalue weighted by atomic mass is 35.5. The summed E-state index contributed by atoms with van der Waals surface area (Å²) in [6.07, 6.45) is 2.43. The maximum atomic E-state index is 13.0. The number of hydrogen-bond acceptors (Lipinski definition) is 4. The summed E-state index contributed by atoms with van der Waals surface area (Å²) in [5.41, 5.74) is 0.530. The molecular formula is C18H24Cl2N2O3. The summed E-state index contributed by atoms with van der Waals surface area (Å²) >= 11 is 12.0. The maximum Gasteiger partial charge on any atom is 0.253 e. The highest BCUT2D eigenvalue weighted by Crippen LogP contribution is 2.39. The molecule has 138 valence electrons. The molecule has 3 rings (SSSR count). The molecule has 2 unspecified atom stereocenters. The summed E-state index contributed by atoms with van der Waals surface area (Å²) in [6.45, 7) is 1.23. The molecule has 5 nitrogen and oxygen atoms in total. The van der Waals surface area contributed by atoms with Crippen molar-refractivity contribution in [3.8, 4) is 0 Å². The van der Waals surface area contributed by atoms with Gasteiger partial charge >= 0.3 is 0 Å². The number of amides is 1. The van der Waals surface area contributed by atoms with Gasteiger partial charge in [0.15, 0.2) is 5.79 Å². The second-order valence-electron chi connectivity index (χ2n) is 6.99. The topological polar surface area (TPSA) is 42.0 Å². The van der Waals surface area contributed by atoms with Crippen LogP contribution in [0.15, 0.2) is 18.2 Å². The standard InChI is InChI=1S/C18H24Cl2N2O3/c1-21(2)15-6-7-18(24-8-9-25-18)11-16(15)22(3)17(23)12-4-5-13(19)14(20)10-12/h4-5,10,15-16H,6-9,11H2,1-3H3. The van der Waals surface area contributed by atoms with Crippen molar-refractivity contribution in [3.63, 3.8) is 0 Å². The molecule has 1 saturated heterocycles. The van der Waals surface area contributed by atoms with Gasteiger partial charge in [-0.05, 0) is 38.7 Å². The SMILES string of the molecule is CN(C)C1CCC2(CC1N(C)C(=O)c1ccc(Cl)c(Cl)c1)OCCO2. The first-order valence-corrected chi connectivity index (χ1v) is 9.25. The number of halogens is 2. The third kappa shape index (κ3) is 3.81. The smallest absolute Gasteiger partial charge is 0.253 e. The molecular weight excluding hydrogens is 363 g/mol. The van der Waals surface area contributed by atoms with Crippen molar-refractivity contribution in [2.45, 2.75) is 37.1 Å². The molecule has 1 heterocycles. The minimum absolute atomic E-state index is 0.0104. The highest BCUT2D eigenvalue weighted by molar-refractivity contribution is 6.42. The van der Waals surface area contributed by atoms with Gasteiger partial charge in [-0.25, -0.2) is 0 Å². The quantitative estimate of drug-likeness (QED) is 0.798. The minimum atomic E-state index is -0.552. The van der Waals surface area contributed by atoms with E-state index < -0.39 is 5.79 Å². The average Bonchev–Trinajstić information content (AvgIpc) is 3.03. The van der Waals surface area contributed by atoms with Crippen LogP contribution in [0, 0.1) is 0 Å². The van der Waals surface area contributed by atoms with Crippen molar-refractivity contribution >= 4 is 29.1 Å². The van der Waals surface area contributed by atoms with Gasteiger partial charge in [0.25, 0.3) is 5.91 Å². The molecule has 0 aromatic heterocycles. The van der Waals surface area contributed by atoms with Gasteiger partial charge in [-0.1, -0.05) is 23.2 Å². The fraction of sp³-hybridized carbons (Fsp3) is 0.611. The fourth-order valence-electron chi connectivity index (χ4n) is 3.86. The van der Waals surface area contributed by atoms with E-state index in [4.69, 9.17) is 32.7 Å². The van der Waals surface area contributed by atoms with Gasteiger partial charge in [0.2, 0.25) is 0 Å². The van der Waals surface area contributed by atoms with Crippen molar-refractivity contribution in [2.24, 2.45) is 0 Å². The largest absolute Gasteiger partial charge is 0.347 e. The van der Waals surface area contributed by atoms with Crippen LogP contribution in [0.2, 0.25) is 10.0 Å². The van der Waals surface area contributed by atoms with Crippen molar-refractivity contribution in [3.05, 3.63) is 33.8 Å². The van der Waals surface area contributed by atoms with E-state index in [0.717, 1.165) is 12.8 Å². The van der Waals surface area contributed by atoms with E-state index in [2.05, 4.69) is 4.90 Å². The Kier molecular flexibility index (Phi) is 5.61. The molecule has 1 amide bonds. The lowest BCUT2D eigenvalue weighted by molar-refractivity contribution is -0.194. The Bertz CT molecular complexity index is 647. The van der Waals surface area contributed by atoms with Crippen LogP contribution < -0.4 is 0 Å². The van der Waals surface area contributed by atoms with E-state index in [9.17, 15) is 4.79 Å². The van der Waals surface area contributed by atoms with E-state index in [1.165, 1.54) is 0 Å². The van der Waals surface area contributed by atoms with Crippen molar-refractivity contribution < 1.29 is 14.3 Å². The lowest BCUT2D eigenvalue weighted by Crippen LogP contribution is -2.57. The third-order valence-electron chi connectivity index (χ3n) is 5.25. The Morgan fingerprint density at radius 3 is 2.40 bits per heavy atom. The Labute approximate surface area is 158 Å². The first-order valence-electron chi connectivity index (χ1n) is 8.49. The second-order valence-corrected chi connectivity index (χ2v) is 7.81. The highest BCUT2D eigenvalue weighted by Gasteiger charge is 2.47. The number of carbonyl (C=O) groups is 1. The summed E-state index contributed by atoms with van der Waals surface area (Å²) in [5.74, 6) is -0.630. The van der Waals surface area contributed by atoms with Crippen LogP contribution in [0.3, 0.4) is 0 Å². The molecule has 2 fully saturated rings. The molecule has 1 spiro atoms. The molecule has 1 aliphatic heterocycles. The number of nitrogens with zero attached hydrogens (tertiary/aromatic N) is 2. The molecule has 0 bridgehead atoms. The monoisotopic (exact) mass is 386 g/mol. The van der Waals surface area contributed by atoms with E-state index >= 15 is 0 Å². The predicted molar refractivity (Wildman–Crippen MR) is 98.3 cm³/mol. The maximum absolute atomic E-state index is 13.0. The van der Waals surface area contributed by atoms with E-state index in [1.807, 2.05) is 21.1 Å². The summed E-state index contributed by atoms with van der Waals surface area (Å²) < 4.78 is 11.8. The van der Waals surface area contributed by atoms with Gasteiger partial charge in [0, 0.05) is 31.5 Å². The Morgan fingerprint density at radius 1 is 1.12 bits per heavy atom. The molecule has 25 heavy (non-hydrogen) atoms. The Hall–Kier alpha value is -0.850. The fourth-order valence-corrected chi connectivity index (χ4v) is 4.16. The third-order valence-corrected chi connectivity index (χ3v) is 5.99. The van der Waals surface area contributed by atoms with E-state index in [1.54, 1.807) is 23.1 Å². The molecule has 1 aromatic carbocycles. The molecule has 1 saturated carbocycles. The number of likely N-dealkylation sites (N-methyl/N-ethyl adjacent to an activating group) is 2. The van der Waals surface area contributed by atoms with Gasteiger partial charge in [-0.15, -0.1) is 0 Å². The predicted octanol–water partition coefficient (Wildman–Crippen LogP) is 3.29. The van der Waals surface area contributed by atoms with Gasteiger partial charge in [-0.2, -0.15) is 0 Å². The first kappa shape index (κ1) is 18.9. The molecule has 2 aliphatic rings. The van der Waals surface area contributed by atoms with Gasteiger partial charge in [-0.3, -0.25) is 4.79 Å². The summed E-state index contributed by atoms with van der Waals surface area (Å²) in [7, 11) is 5.92. The van der Waals surface area contributed by atoms with Crippen LogP contribution >= 0.6 is 23.2 Å². The van der Waals surface area contributed by atoms with E-state index in [-0.39, 0.29) is 18.0 Å². The molecule has 1 aliphatic carbocycles. The van der Waals surface area contributed by atoms with Crippen LogP contribution in [-0.4, -0.2) is 67.9 Å². The number of rotatable bonds is 3. The van der Waals surface area contributed by atoms with Crippen LogP contribution in [-0.2, 0) is 9.47 Å². The average molecular weight is 387 g/mol. The normalized spacial score (nSPS) is 25.5. The second kappa shape index (κ2) is 7.41. The summed E-state index contributed by atoms with van der Waals surface area (Å²) in [4.78, 5) is 17.0. The van der Waals surface area contributed by atoms with Crippen molar-refractivity contribution in [2.75, 3.05) is 34.4 Å². The molecule has 0 N–H and O–H groups in total. The number of hydrogen-bond donors (Lipinski definition) is 0. The van der Waals surface area contributed by atoms with Crippen LogP contribution in [0.25, 0.3) is 0 Å². The Morgan fingerprint density at radius 2 is 1.80 bits per heavy atom. The van der Waals surface area contributed by atoms with Crippen LogP contribution in [0.5, 0.6) is 0 Å². The minimum Gasteiger partial charge on any atom is -0.347 e. The molecule has 2 atom stereocenters. The van der Waals surface area contributed by atoms with Crippen LogP contribution in [0.4, 0.5) is 0 Å². The molecule has 7 heteroatoms. The van der Waals surface area contributed by atoms with E-state index in [0.29, 0.717) is 35.2 Å². The zero-order chi connectivity index (χ0) is 18.2. The zero-order valence-corrected chi connectivity index (χ0v) is 16.3. The Balaban J connectivity index is 1.84. The molecule has 1 aromatic rings. The number of ether oxygens (including phenoxy) is 2. The van der Waals surface area contributed by atoms with Crippen molar-refractivity contribution in [1.82, 2.24) is 9.80 Å². The molecule has 0 radical (unpaired) electrons. The summed E-state index contributed by atoms with van der Waals surface area (Å²) in [5, 5.41) is 0.823. The van der Waals surface area contributed by atoms with Gasteiger partial charge in [0.1, 0.15) is 0 Å². The first-order chi connectivity index (χ1) is 11.8. The number of benzene rings is 1.